The number of aliphatic hydroxyl groups excluding tert-OH is 1. The molecule has 0 saturated carbocycles. The normalized spacial score (nSPS) is 13.4. The molecule has 1 aromatic rings. The lowest BCUT2D eigenvalue weighted by Crippen LogP contribution is -1.96. The third-order valence-corrected chi connectivity index (χ3v) is 3.76. The highest BCUT2D eigenvalue weighted by Crippen LogP contribution is 2.42. The van der Waals surface area contributed by atoms with Crippen molar-refractivity contribution in [3.63, 3.8) is 0 Å². The molecule has 1 N–H and O–H groups in total. The van der Waals surface area contributed by atoms with Crippen LogP contribution < -0.4 is 9.47 Å². The van der Waals surface area contributed by atoms with Crippen LogP contribution in [0.5, 0.6) is 11.5 Å². The van der Waals surface area contributed by atoms with Crippen LogP contribution in [0.25, 0.3) is 0 Å². The van der Waals surface area contributed by atoms with Crippen molar-refractivity contribution in [2.75, 3.05) is 20.3 Å². The van der Waals surface area contributed by atoms with E-state index in [0.717, 1.165) is 35.2 Å². The van der Waals surface area contributed by atoms with Crippen LogP contribution in [0.1, 0.15) is 17.5 Å². The molecule has 1 aliphatic rings. The Morgan fingerprint density at radius 2 is 2.38 bits per heavy atom. The van der Waals surface area contributed by atoms with Crippen LogP contribution in [0.2, 0.25) is 0 Å². The fraction of sp³-hybridized carbons (Fsp3) is 0.500. The van der Waals surface area contributed by atoms with Crippen molar-refractivity contribution in [2.24, 2.45) is 0 Å². The van der Waals surface area contributed by atoms with Crippen molar-refractivity contribution >= 4 is 15.9 Å². The topological polar surface area (TPSA) is 38.7 Å². The van der Waals surface area contributed by atoms with Gasteiger partial charge in [-0.2, -0.15) is 0 Å². The van der Waals surface area contributed by atoms with E-state index in [1.807, 2.05) is 6.07 Å². The zero-order valence-corrected chi connectivity index (χ0v) is 10.8. The molecule has 0 saturated heterocycles. The molecular formula is C12H15BrO3. The minimum atomic E-state index is 0.211. The van der Waals surface area contributed by atoms with Crippen molar-refractivity contribution in [3.8, 4) is 11.5 Å². The number of halogens is 1. The second kappa shape index (κ2) is 5.06. The van der Waals surface area contributed by atoms with E-state index in [1.165, 1.54) is 11.1 Å². The Kier molecular flexibility index (Phi) is 3.71. The molecule has 2 rings (SSSR count). The fourth-order valence-electron chi connectivity index (χ4n) is 1.97. The number of hydrogen-bond acceptors (Lipinski definition) is 3. The Bertz CT molecular complexity index is 390. The molecular weight excluding hydrogens is 272 g/mol. The van der Waals surface area contributed by atoms with E-state index in [-0.39, 0.29) is 6.61 Å². The lowest BCUT2D eigenvalue weighted by Gasteiger charge is -2.12. The molecule has 0 radical (unpaired) electrons. The summed E-state index contributed by atoms with van der Waals surface area (Å²) in [6, 6.07) is 1.99. The summed E-state index contributed by atoms with van der Waals surface area (Å²) in [5.74, 6) is 1.66. The number of aliphatic hydroxyl groups is 1. The van der Waals surface area contributed by atoms with E-state index in [1.54, 1.807) is 7.11 Å². The van der Waals surface area contributed by atoms with Crippen LogP contribution in [0.3, 0.4) is 0 Å². The first kappa shape index (κ1) is 11.7. The quantitative estimate of drug-likeness (QED) is 0.923. The molecule has 88 valence electrons. The summed E-state index contributed by atoms with van der Waals surface area (Å²) in [4.78, 5) is 0. The van der Waals surface area contributed by atoms with Crippen LogP contribution in [-0.2, 0) is 12.8 Å². The summed E-state index contributed by atoms with van der Waals surface area (Å²) in [6.07, 6.45) is 2.53. The van der Waals surface area contributed by atoms with Crippen LogP contribution in [0, 0.1) is 0 Å². The highest BCUT2D eigenvalue weighted by atomic mass is 79.9. The summed E-state index contributed by atoms with van der Waals surface area (Å²) in [5.41, 5.74) is 2.36. The Balaban J connectivity index is 2.39. The lowest BCUT2D eigenvalue weighted by molar-refractivity contribution is 0.288. The van der Waals surface area contributed by atoms with Crippen LogP contribution in [0.15, 0.2) is 10.5 Å². The molecule has 0 aliphatic carbocycles. The van der Waals surface area contributed by atoms with Crippen molar-refractivity contribution in [2.45, 2.75) is 19.3 Å². The molecule has 0 aromatic heterocycles. The van der Waals surface area contributed by atoms with E-state index in [4.69, 9.17) is 14.6 Å². The molecule has 0 bridgehead atoms. The van der Waals surface area contributed by atoms with Crippen molar-refractivity contribution in [1.82, 2.24) is 0 Å². The molecule has 0 atom stereocenters. The minimum absolute atomic E-state index is 0.211. The van der Waals surface area contributed by atoms with Crippen LogP contribution in [-0.4, -0.2) is 25.4 Å². The number of hydrogen-bond donors (Lipinski definition) is 1. The largest absolute Gasteiger partial charge is 0.493 e. The second-order valence-electron chi connectivity index (χ2n) is 3.79. The predicted octanol–water partition coefficient (Wildman–Crippen LogP) is 2.32. The van der Waals surface area contributed by atoms with Gasteiger partial charge in [-0.25, -0.2) is 0 Å². The van der Waals surface area contributed by atoms with Gasteiger partial charge in [0.25, 0.3) is 0 Å². The maximum atomic E-state index is 8.87. The molecule has 0 amide bonds. The summed E-state index contributed by atoms with van der Waals surface area (Å²) >= 11 is 3.61. The van der Waals surface area contributed by atoms with E-state index in [9.17, 15) is 0 Å². The molecule has 0 fully saturated rings. The minimum Gasteiger partial charge on any atom is -0.493 e. The van der Waals surface area contributed by atoms with E-state index in [0.29, 0.717) is 6.61 Å². The first-order chi connectivity index (χ1) is 7.77. The van der Waals surface area contributed by atoms with Gasteiger partial charge in [0, 0.05) is 23.1 Å². The number of methoxy groups -OCH3 is 1. The van der Waals surface area contributed by atoms with Crippen molar-refractivity contribution < 1.29 is 14.6 Å². The third kappa shape index (κ3) is 2.04. The van der Waals surface area contributed by atoms with Gasteiger partial charge in [-0.05, 0) is 24.5 Å². The van der Waals surface area contributed by atoms with Gasteiger partial charge >= 0.3 is 0 Å². The number of ether oxygens (including phenoxy) is 2. The molecule has 1 aromatic carbocycles. The van der Waals surface area contributed by atoms with Crippen molar-refractivity contribution in [3.05, 3.63) is 21.7 Å². The second-order valence-corrected chi connectivity index (χ2v) is 4.58. The van der Waals surface area contributed by atoms with Gasteiger partial charge in [0.05, 0.1) is 13.7 Å². The fourth-order valence-corrected chi connectivity index (χ4v) is 2.66. The van der Waals surface area contributed by atoms with Gasteiger partial charge in [-0.1, -0.05) is 15.9 Å². The van der Waals surface area contributed by atoms with Crippen molar-refractivity contribution in [1.29, 1.82) is 0 Å². The van der Waals surface area contributed by atoms with E-state index < -0.39 is 0 Å². The van der Waals surface area contributed by atoms with Gasteiger partial charge in [0.1, 0.15) is 0 Å². The first-order valence-corrected chi connectivity index (χ1v) is 6.19. The number of aryl methyl sites for hydroxylation is 1. The zero-order valence-electron chi connectivity index (χ0n) is 9.25. The Morgan fingerprint density at radius 1 is 1.56 bits per heavy atom. The molecule has 3 nitrogen and oxygen atoms in total. The zero-order chi connectivity index (χ0) is 11.5. The smallest absolute Gasteiger partial charge is 0.165 e. The van der Waals surface area contributed by atoms with E-state index in [2.05, 4.69) is 15.9 Å². The Labute approximate surface area is 104 Å². The van der Waals surface area contributed by atoms with Gasteiger partial charge in [0.2, 0.25) is 0 Å². The molecule has 0 unspecified atom stereocenters. The van der Waals surface area contributed by atoms with E-state index >= 15 is 0 Å². The SMILES string of the molecule is COc1cc(CCCO)c(Br)c2c1OCC2. The van der Waals surface area contributed by atoms with Gasteiger partial charge in [-0.15, -0.1) is 0 Å². The van der Waals surface area contributed by atoms with Crippen LogP contribution in [0.4, 0.5) is 0 Å². The Morgan fingerprint density at radius 3 is 3.06 bits per heavy atom. The molecule has 0 spiro atoms. The maximum absolute atomic E-state index is 8.87. The highest BCUT2D eigenvalue weighted by Gasteiger charge is 2.22. The average molecular weight is 287 g/mol. The summed E-state index contributed by atoms with van der Waals surface area (Å²) < 4.78 is 12.0. The standard InChI is InChI=1S/C12H15BrO3/c1-15-10-7-8(3-2-5-14)11(13)9-4-6-16-12(9)10/h7,14H,2-6H2,1H3. The monoisotopic (exact) mass is 286 g/mol. The molecule has 1 aliphatic heterocycles. The van der Waals surface area contributed by atoms with Gasteiger partial charge in [-0.3, -0.25) is 0 Å². The number of benzene rings is 1. The third-order valence-electron chi connectivity index (χ3n) is 2.77. The summed E-state index contributed by atoms with van der Waals surface area (Å²) in [7, 11) is 1.65. The van der Waals surface area contributed by atoms with Gasteiger partial charge in [0.15, 0.2) is 11.5 Å². The molecule has 4 heteroatoms. The number of rotatable bonds is 4. The maximum Gasteiger partial charge on any atom is 0.165 e. The lowest BCUT2D eigenvalue weighted by atomic mass is 10.0. The van der Waals surface area contributed by atoms with Crippen LogP contribution >= 0.6 is 15.9 Å². The number of fused-ring (bicyclic) bond motifs is 1. The predicted molar refractivity (Wildman–Crippen MR) is 65.3 cm³/mol. The average Bonchev–Trinajstić information content (AvgIpc) is 2.78. The molecule has 1 heterocycles. The summed E-state index contributed by atoms with van der Waals surface area (Å²) in [5, 5.41) is 8.87. The summed E-state index contributed by atoms with van der Waals surface area (Å²) in [6.45, 7) is 0.927. The first-order valence-electron chi connectivity index (χ1n) is 5.39. The molecule has 16 heavy (non-hydrogen) atoms. The van der Waals surface area contributed by atoms with Gasteiger partial charge < -0.3 is 14.6 Å². The highest BCUT2D eigenvalue weighted by molar-refractivity contribution is 9.10. The Hall–Kier alpha value is -0.740.